The molecule has 4 nitrogen and oxygen atoms in total. The second-order valence-electron chi connectivity index (χ2n) is 7.77. The second-order valence-corrected chi connectivity index (χ2v) is 7.77. The monoisotopic (exact) mass is 413 g/mol. The van der Waals surface area contributed by atoms with Gasteiger partial charge < -0.3 is 9.88 Å². The molecule has 0 fully saturated rings. The van der Waals surface area contributed by atoms with Crippen molar-refractivity contribution in [2.45, 2.75) is 0 Å². The molecule has 4 aromatic carbocycles. The van der Waals surface area contributed by atoms with Crippen molar-refractivity contribution in [3.63, 3.8) is 0 Å². The molecule has 6 rings (SSSR count). The molecule has 0 saturated heterocycles. The van der Waals surface area contributed by atoms with Gasteiger partial charge in [0.15, 0.2) is 0 Å². The van der Waals surface area contributed by atoms with Crippen molar-refractivity contribution in [1.82, 2.24) is 9.55 Å². The normalized spacial score (nSPS) is 11.2. The van der Waals surface area contributed by atoms with Crippen molar-refractivity contribution < 1.29 is 0 Å². The maximum absolute atomic E-state index is 13.1. The Morgan fingerprint density at radius 2 is 1.44 bits per heavy atom. The highest BCUT2D eigenvalue weighted by Crippen LogP contribution is 2.33. The van der Waals surface area contributed by atoms with Gasteiger partial charge in [0.05, 0.1) is 28.1 Å². The smallest absolute Gasteiger partial charge is 0.204 e. The molecule has 1 heterocycles. The Bertz CT molecular complexity index is 1610. The van der Waals surface area contributed by atoms with Gasteiger partial charge >= 0.3 is 0 Å². The summed E-state index contributed by atoms with van der Waals surface area (Å²) in [5.41, 5.74) is 5.70. The molecule has 1 N–H and O–H groups in total. The van der Waals surface area contributed by atoms with Crippen molar-refractivity contribution in [1.29, 1.82) is 0 Å². The van der Waals surface area contributed by atoms with Crippen molar-refractivity contribution in [3.8, 4) is 17.1 Å². The van der Waals surface area contributed by atoms with E-state index >= 15 is 0 Å². The number of nitrogens with zero attached hydrogens (tertiary/aromatic N) is 2. The van der Waals surface area contributed by atoms with Gasteiger partial charge in [0.2, 0.25) is 5.43 Å². The molecule has 4 aromatic rings. The molecular formula is C28H19N3O. The minimum Gasteiger partial charge on any atom is -0.352 e. The number of nitrogens with one attached hydrogen (secondary N) is 1. The molecule has 1 aliphatic carbocycles. The second kappa shape index (κ2) is 7.36. The summed E-state index contributed by atoms with van der Waals surface area (Å²) in [4.78, 5) is 18.1. The summed E-state index contributed by atoms with van der Waals surface area (Å²) in [5.74, 6) is 0. The third-order valence-corrected chi connectivity index (χ3v) is 5.73. The number of hydrogen-bond acceptors (Lipinski definition) is 3. The average Bonchev–Trinajstić information content (AvgIpc) is 2.84. The zero-order valence-electron chi connectivity index (χ0n) is 17.2. The van der Waals surface area contributed by atoms with Crippen LogP contribution in [0, 0.1) is 0 Å². The molecule has 32 heavy (non-hydrogen) atoms. The number of hydrogen-bond donors (Lipinski definition) is 1. The Balaban J connectivity index is 1.70. The molecule has 0 aromatic heterocycles. The summed E-state index contributed by atoms with van der Waals surface area (Å²) in [6.07, 6.45) is 0. The lowest BCUT2D eigenvalue weighted by Crippen LogP contribution is -2.13. The maximum atomic E-state index is 13.1. The zero-order chi connectivity index (χ0) is 21.5. The van der Waals surface area contributed by atoms with E-state index in [0.29, 0.717) is 5.69 Å². The van der Waals surface area contributed by atoms with Crippen LogP contribution in [0.5, 0.6) is 0 Å². The molecule has 4 heteroatoms. The number of fused-ring (bicyclic) bond motifs is 4. The molecular weight excluding hydrogens is 394 g/mol. The quantitative estimate of drug-likeness (QED) is 0.270. The van der Waals surface area contributed by atoms with E-state index in [9.17, 15) is 4.79 Å². The number of para-hydroxylation sites is 2. The molecule has 2 aliphatic rings. The Labute approximate surface area is 184 Å². The number of rotatable bonds is 3. The predicted molar refractivity (Wildman–Crippen MR) is 131 cm³/mol. The topological polar surface area (TPSA) is 46.9 Å². The first kappa shape index (κ1) is 18.3. The van der Waals surface area contributed by atoms with Gasteiger partial charge in [-0.3, -0.25) is 4.79 Å². The fraction of sp³-hybridized carbons (Fsp3) is 0. The van der Waals surface area contributed by atoms with Crippen LogP contribution in [0.1, 0.15) is 0 Å². The molecule has 0 radical (unpaired) electrons. The lowest BCUT2D eigenvalue weighted by atomic mass is 10.1. The minimum atomic E-state index is -0.0765. The maximum Gasteiger partial charge on any atom is 0.204 e. The van der Waals surface area contributed by atoms with Gasteiger partial charge in [0.1, 0.15) is 0 Å². The largest absolute Gasteiger partial charge is 0.352 e. The average molecular weight is 413 g/mol. The van der Waals surface area contributed by atoms with Gasteiger partial charge in [0.25, 0.3) is 0 Å². The molecule has 152 valence electrons. The van der Waals surface area contributed by atoms with E-state index in [1.54, 1.807) is 6.07 Å². The Kier molecular flexibility index (Phi) is 4.22. The molecule has 0 amide bonds. The fourth-order valence-electron chi connectivity index (χ4n) is 4.27. The van der Waals surface area contributed by atoms with E-state index in [-0.39, 0.29) is 5.43 Å². The highest BCUT2D eigenvalue weighted by atomic mass is 16.1. The van der Waals surface area contributed by atoms with Crippen molar-refractivity contribution in [2.75, 3.05) is 5.32 Å². The number of anilines is 2. The highest BCUT2D eigenvalue weighted by molar-refractivity contribution is 6.06. The standard InChI is InChI=1S/C28H19N3O/c32-27-18-26-24(17-25(27)29-20-10-3-1-4-11-20)30-23-16-15-19-9-7-8-14-22(19)28(23)31(26)21-12-5-2-6-13-21/h1-18,29H. The Morgan fingerprint density at radius 1 is 0.719 bits per heavy atom. The van der Waals surface area contributed by atoms with Crippen LogP contribution in [0.4, 0.5) is 11.4 Å². The van der Waals surface area contributed by atoms with Crippen LogP contribution in [0.15, 0.2) is 114 Å². The molecule has 1 aliphatic heterocycles. The first-order valence-corrected chi connectivity index (χ1v) is 10.5. The Hall–Kier alpha value is -4.44. The van der Waals surface area contributed by atoms with Gasteiger partial charge in [-0.1, -0.05) is 66.7 Å². The SMILES string of the molecule is O=c1cc2n(-c3ccccc3)c3c(ccc4ccccc43)nc-2cc1Nc1ccccc1. The van der Waals surface area contributed by atoms with Crippen LogP contribution in [0.2, 0.25) is 0 Å². The van der Waals surface area contributed by atoms with Gasteiger partial charge in [-0.15, -0.1) is 0 Å². The summed E-state index contributed by atoms with van der Waals surface area (Å²) < 4.78 is 2.15. The summed E-state index contributed by atoms with van der Waals surface area (Å²) in [7, 11) is 0. The lowest BCUT2D eigenvalue weighted by molar-refractivity contribution is 1.08. The summed E-state index contributed by atoms with van der Waals surface area (Å²) in [5, 5.41) is 5.47. The van der Waals surface area contributed by atoms with Crippen molar-refractivity contribution in [3.05, 3.63) is 119 Å². The van der Waals surface area contributed by atoms with E-state index in [1.807, 2.05) is 72.8 Å². The number of aromatic nitrogens is 2. The van der Waals surface area contributed by atoms with Crippen molar-refractivity contribution in [2.24, 2.45) is 0 Å². The van der Waals surface area contributed by atoms with Crippen LogP contribution in [-0.4, -0.2) is 9.55 Å². The third kappa shape index (κ3) is 3.01. The predicted octanol–water partition coefficient (Wildman–Crippen LogP) is 6.39. The first-order valence-electron chi connectivity index (χ1n) is 10.5. The van der Waals surface area contributed by atoms with E-state index in [1.165, 1.54) is 0 Å². The molecule has 0 unspecified atom stereocenters. The van der Waals surface area contributed by atoms with Crippen LogP contribution >= 0.6 is 0 Å². The van der Waals surface area contributed by atoms with Crippen molar-refractivity contribution >= 4 is 33.2 Å². The molecule has 0 spiro atoms. The van der Waals surface area contributed by atoms with Gasteiger partial charge in [-0.05, 0) is 41.8 Å². The molecule has 0 bridgehead atoms. The van der Waals surface area contributed by atoms with Gasteiger partial charge in [-0.2, -0.15) is 0 Å². The van der Waals surface area contributed by atoms with Gasteiger partial charge in [-0.25, -0.2) is 4.98 Å². The van der Waals surface area contributed by atoms with E-state index in [4.69, 9.17) is 4.98 Å². The summed E-state index contributed by atoms with van der Waals surface area (Å²) >= 11 is 0. The first-order chi connectivity index (χ1) is 15.8. The van der Waals surface area contributed by atoms with Crippen LogP contribution < -0.4 is 10.7 Å². The van der Waals surface area contributed by atoms with Crippen LogP contribution in [0.3, 0.4) is 0 Å². The number of benzene rings is 5. The van der Waals surface area contributed by atoms with Crippen LogP contribution in [0.25, 0.3) is 38.9 Å². The van der Waals surface area contributed by atoms with E-state index in [2.05, 4.69) is 40.2 Å². The van der Waals surface area contributed by atoms with Crippen LogP contribution in [-0.2, 0) is 0 Å². The summed E-state index contributed by atoms with van der Waals surface area (Å²) in [6, 6.07) is 35.8. The van der Waals surface area contributed by atoms with Gasteiger partial charge in [0, 0.05) is 22.8 Å². The highest BCUT2D eigenvalue weighted by Gasteiger charge is 2.18. The zero-order valence-corrected chi connectivity index (χ0v) is 17.2. The fourth-order valence-corrected chi connectivity index (χ4v) is 4.27. The Morgan fingerprint density at radius 3 is 2.25 bits per heavy atom. The van der Waals surface area contributed by atoms with E-state index in [0.717, 1.165) is 44.6 Å². The minimum absolute atomic E-state index is 0.0765. The van der Waals surface area contributed by atoms with E-state index < -0.39 is 0 Å². The summed E-state index contributed by atoms with van der Waals surface area (Å²) in [6.45, 7) is 0. The molecule has 0 saturated carbocycles. The molecule has 0 atom stereocenters. The third-order valence-electron chi connectivity index (χ3n) is 5.73. The lowest BCUT2D eigenvalue weighted by Gasteiger charge is -2.20.